The van der Waals surface area contributed by atoms with Gasteiger partial charge in [-0.3, -0.25) is 4.79 Å². The highest BCUT2D eigenvalue weighted by molar-refractivity contribution is 5.76. The van der Waals surface area contributed by atoms with Crippen LogP contribution in [0.4, 0.5) is 11.6 Å². The fourth-order valence-corrected chi connectivity index (χ4v) is 4.09. The van der Waals surface area contributed by atoms with E-state index >= 15 is 0 Å². The molecule has 1 N–H and O–H groups in total. The Morgan fingerprint density at radius 2 is 1.96 bits per heavy atom. The van der Waals surface area contributed by atoms with Crippen molar-refractivity contribution >= 4 is 17.5 Å². The number of nitrogens with one attached hydrogen (secondary N) is 1. The van der Waals surface area contributed by atoms with Gasteiger partial charge in [-0.1, -0.05) is 0 Å². The molecule has 0 bridgehead atoms. The number of carbonyl (C=O) groups is 1. The van der Waals surface area contributed by atoms with E-state index in [0.717, 1.165) is 57.3 Å². The zero-order valence-electron chi connectivity index (χ0n) is 16.4. The van der Waals surface area contributed by atoms with Gasteiger partial charge in [0.1, 0.15) is 18.0 Å². The first-order chi connectivity index (χ1) is 13.2. The summed E-state index contributed by atoms with van der Waals surface area (Å²) in [6.07, 6.45) is 8.20. The Labute approximate surface area is 162 Å². The summed E-state index contributed by atoms with van der Waals surface area (Å²) in [6.45, 7) is 5.79. The minimum atomic E-state index is 0.332. The third kappa shape index (κ3) is 5.09. The van der Waals surface area contributed by atoms with Crippen molar-refractivity contribution in [3.8, 4) is 0 Å². The number of aromatic nitrogens is 2. The first-order valence-electron chi connectivity index (χ1n) is 10.5. The third-order valence-electron chi connectivity index (χ3n) is 6.05. The van der Waals surface area contributed by atoms with Crippen LogP contribution < -0.4 is 10.2 Å². The van der Waals surface area contributed by atoms with Crippen molar-refractivity contribution in [1.82, 2.24) is 19.8 Å². The summed E-state index contributed by atoms with van der Waals surface area (Å²) in [5, 5.41) is 3.45. The number of hydrogen-bond donors (Lipinski definition) is 1. The van der Waals surface area contributed by atoms with Crippen molar-refractivity contribution in [2.75, 3.05) is 56.5 Å². The van der Waals surface area contributed by atoms with Crippen LogP contribution in [-0.4, -0.2) is 78.0 Å². The standard InChI is InChI=1S/C20H32N6O/c1-24-9-11-25(12-10-24)20(27)7-4-16-3-2-8-26(14-16)19-13-18(21-15-22-19)23-17-5-6-17/h13,15-17H,2-12,14H2,1H3,(H,21,22,23)/t16-/m0/s1. The van der Waals surface area contributed by atoms with Crippen LogP contribution in [0.2, 0.25) is 0 Å². The van der Waals surface area contributed by atoms with Crippen LogP contribution in [0.5, 0.6) is 0 Å². The maximum absolute atomic E-state index is 12.5. The molecule has 1 aromatic heterocycles. The lowest BCUT2D eigenvalue weighted by Crippen LogP contribution is -2.47. The summed E-state index contributed by atoms with van der Waals surface area (Å²) in [7, 11) is 2.12. The number of anilines is 2. The van der Waals surface area contributed by atoms with Gasteiger partial charge in [0, 0.05) is 57.8 Å². The summed E-state index contributed by atoms with van der Waals surface area (Å²) in [4.78, 5) is 28.1. The molecule has 0 spiro atoms. The number of amides is 1. The molecule has 148 valence electrons. The predicted molar refractivity (Wildman–Crippen MR) is 107 cm³/mol. The number of piperazine rings is 1. The number of likely N-dealkylation sites (N-methyl/N-ethyl adjacent to an activating group) is 1. The molecule has 1 amide bonds. The summed E-state index contributed by atoms with van der Waals surface area (Å²) in [6, 6.07) is 2.68. The van der Waals surface area contributed by atoms with Crippen molar-refractivity contribution in [3.63, 3.8) is 0 Å². The van der Waals surface area contributed by atoms with Gasteiger partial charge < -0.3 is 20.0 Å². The lowest BCUT2D eigenvalue weighted by atomic mass is 9.93. The Hall–Kier alpha value is -1.89. The molecule has 4 rings (SSSR count). The van der Waals surface area contributed by atoms with Gasteiger partial charge in [-0.25, -0.2) is 9.97 Å². The Balaban J connectivity index is 1.27. The van der Waals surface area contributed by atoms with Crippen LogP contribution in [0.3, 0.4) is 0 Å². The Morgan fingerprint density at radius 1 is 1.15 bits per heavy atom. The van der Waals surface area contributed by atoms with E-state index in [1.54, 1.807) is 6.33 Å². The van der Waals surface area contributed by atoms with Crippen LogP contribution in [0.25, 0.3) is 0 Å². The second kappa shape index (κ2) is 8.42. The number of carbonyl (C=O) groups excluding carboxylic acids is 1. The van der Waals surface area contributed by atoms with Gasteiger partial charge in [-0.2, -0.15) is 0 Å². The molecule has 1 aliphatic carbocycles. The Kier molecular flexibility index (Phi) is 5.76. The van der Waals surface area contributed by atoms with Gasteiger partial charge in [-0.15, -0.1) is 0 Å². The molecule has 3 fully saturated rings. The maximum Gasteiger partial charge on any atom is 0.222 e. The molecule has 27 heavy (non-hydrogen) atoms. The van der Waals surface area contributed by atoms with E-state index in [4.69, 9.17) is 0 Å². The monoisotopic (exact) mass is 372 g/mol. The summed E-state index contributed by atoms with van der Waals surface area (Å²) in [5.41, 5.74) is 0. The van der Waals surface area contributed by atoms with Gasteiger partial charge >= 0.3 is 0 Å². The molecule has 0 aromatic carbocycles. The highest BCUT2D eigenvalue weighted by Gasteiger charge is 2.25. The average molecular weight is 373 g/mol. The molecule has 7 nitrogen and oxygen atoms in total. The minimum Gasteiger partial charge on any atom is -0.367 e. The molecule has 1 saturated carbocycles. The lowest BCUT2D eigenvalue weighted by Gasteiger charge is -2.35. The topological polar surface area (TPSA) is 64.6 Å². The van der Waals surface area contributed by atoms with Crippen molar-refractivity contribution < 1.29 is 4.79 Å². The van der Waals surface area contributed by atoms with E-state index in [0.29, 0.717) is 24.3 Å². The fourth-order valence-electron chi connectivity index (χ4n) is 4.09. The number of rotatable bonds is 6. The van der Waals surface area contributed by atoms with Gasteiger partial charge in [0.25, 0.3) is 0 Å². The summed E-state index contributed by atoms with van der Waals surface area (Å²) >= 11 is 0. The number of piperidine rings is 1. The van der Waals surface area contributed by atoms with E-state index < -0.39 is 0 Å². The highest BCUT2D eigenvalue weighted by Crippen LogP contribution is 2.28. The second-order valence-electron chi connectivity index (χ2n) is 8.36. The normalized spacial score (nSPS) is 24.1. The van der Waals surface area contributed by atoms with Crippen molar-refractivity contribution in [2.45, 2.75) is 44.6 Å². The molecule has 7 heteroatoms. The second-order valence-corrected chi connectivity index (χ2v) is 8.36. The third-order valence-corrected chi connectivity index (χ3v) is 6.05. The molecule has 2 aliphatic heterocycles. The van der Waals surface area contributed by atoms with Crippen LogP contribution >= 0.6 is 0 Å². The zero-order valence-corrected chi connectivity index (χ0v) is 16.4. The maximum atomic E-state index is 12.5. The molecule has 3 heterocycles. The van der Waals surface area contributed by atoms with Crippen molar-refractivity contribution in [3.05, 3.63) is 12.4 Å². The van der Waals surface area contributed by atoms with Gasteiger partial charge in [0.2, 0.25) is 5.91 Å². The summed E-state index contributed by atoms with van der Waals surface area (Å²) in [5.74, 6) is 2.86. The quantitative estimate of drug-likeness (QED) is 0.822. The van der Waals surface area contributed by atoms with Gasteiger partial charge in [0.15, 0.2) is 0 Å². The molecular formula is C20H32N6O. The largest absolute Gasteiger partial charge is 0.367 e. The van der Waals surface area contributed by atoms with E-state index in [1.165, 1.54) is 25.7 Å². The molecule has 3 aliphatic rings. The smallest absolute Gasteiger partial charge is 0.222 e. The summed E-state index contributed by atoms with van der Waals surface area (Å²) < 4.78 is 0. The Morgan fingerprint density at radius 3 is 2.74 bits per heavy atom. The number of hydrogen-bond acceptors (Lipinski definition) is 6. The van der Waals surface area contributed by atoms with Gasteiger partial charge in [-0.05, 0) is 45.1 Å². The van der Waals surface area contributed by atoms with Crippen molar-refractivity contribution in [2.24, 2.45) is 5.92 Å². The van der Waals surface area contributed by atoms with Crippen molar-refractivity contribution in [1.29, 1.82) is 0 Å². The molecular weight excluding hydrogens is 340 g/mol. The van der Waals surface area contributed by atoms with Gasteiger partial charge in [0.05, 0.1) is 0 Å². The zero-order chi connectivity index (χ0) is 18.6. The van der Waals surface area contributed by atoms with Crippen LogP contribution in [0.1, 0.15) is 38.5 Å². The Bertz CT molecular complexity index is 641. The first kappa shape index (κ1) is 18.5. The average Bonchev–Trinajstić information content (AvgIpc) is 3.51. The first-order valence-corrected chi connectivity index (χ1v) is 10.5. The molecule has 0 radical (unpaired) electrons. The highest BCUT2D eigenvalue weighted by atomic mass is 16.2. The van der Waals surface area contributed by atoms with E-state index in [1.807, 2.05) is 4.90 Å². The van der Waals surface area contributed by atoms with Crippen LogP contribution in [-0.2, 0) is 4.79 Å². The molecule has 1 atom stereocenters. The number of nitrogens with zero attached hydrogens (tertiary/aromatic N) is 5. The molecule has 0 unspecified atom stereocenters. The predicted octanol–water partition coefficient (Wildman–Crippen LogP) is 1.82. The SMILES string of the molecule is CN1CCN(C(=O)CC[C@@H]2CCCN(c3cc(NC4CC4)ncn3)C2)CC1. The van der Waals surface area contributed by atoms with Crippen LogP contribution in [0, 0.1) is 5.92 Å². The molecule has 2 saturated heterocycles. The van der Waals surface area contributed by atoms with E-state index in [9.17, 15) is 4.79 Å². The fraction of sp³-hybridized carbons (Fsp3) is 0.750. The van der Waals surface area contributed by atoms with Crippen LogP contribution in [0.15, 0.2) is 12.4 Å². The lowest BCUT2D eigenvalue weighted by molar-refractivity contribution is -0.133. The van der Waals surface area contributed by atoms with E-state index in [2.05, 4.69) is 38.2 Å². The minimum absolute atomic E-state index is 0.332. The molecule has 1 aromatic rings. The van der Waals surface area contributed by atoms with E-state index in [-0.39, 0.29) is 0 Å².